The molecular weight excluding hydrogens is 258 g/mol. The SMILES string of the molecule is COP(=S)(S)CP(=S)(S)OC. The minimum Gasteiger partial charge on any atom is -0.344 e. The molecular formula is C3H10O2P2S4. The van der Waals surface area contributed by atoms with Gasteiger partial charge < -0.3 is 9.05 Å². The summed E-state index contributed by atoms with van der Waals surface area (Å²) in [5.41, 5.74) is -4.08. The van der Waals surface area contributed by atoms with E-state index in [1.165, 1.54) is 14.2 Å². The van der Waals surface area contributed by atoms with Crippen LogP contribution in [0.1, 0.15) is 0 Å². The maximum atomic E-state index is 5.04. The highest BCUT2D eigenvalue weighted by molar-refractivity contribution is 8.69. The van der Waals surface area contributed by atoms with Crippen LogP contribution < -0.4 is 0 Å². The first-order chi connectivity index (χ1) is 4.83. The molecule has 0 spiro atoms. The van der Waals surface area contributed by atoms with Crippen LogP contribution in [0.4, 0.5) is 0 Å². The minimum atomic E-state index is -2.04. The van der Waals surface area contributed by atoms with Gasteiger partial charge in [0.2, 0.25) is 0 Å². The lowest BCUT2D eigenvalue weighted by molar-refractivity contribution is 0.463. The van der Waals surface area contributed by atoms with E-state index in [0.29, 0.717) is 5.90 Å². The van der Waals surface area contributed by atoms with Gasteiger partial charge in [-0.1, -0.05) is 23.6 Å². The molecule has 0 heterocycles. The Labute approximate surface area is 87.9 Å². The van der Waals surface area contributed by atoms with Crippen LogP contribution in [-0.4, -0.2) is 20.1 Å². The molecule has 0 amide bonds. The molecule has 0 saturated heterocycles. The van der Waals surface area contributed by atoms with E-state index in [1.54, 1.807) is 0 Å². The van der Waals surface area contributed by atoms with Crippen molar-refractivity contribution in [2.75, 3.05) is 20.1 Å². The molecule has 8 heteroatoms. The van der Waals surface area contributed by atoms with Gasteiger partial charge in [0.1, 0.15) is 10.9 Å². The molecule has 0 fully saturated rings. The van der Waals surface area contributed by atoms with Crippen LogP contribution in [0.2, 0.25) is 0 Å². The van der Waals surface area contributed by atoms with Crippen molar-refractivity contribution in [1.29, 1.82) is 0 Å². The summed E-state index contributed by atoms with van der Waals surface area (Å²) in [6.07, 6.45) is 0. The molecule has 0 aromatic carbocycles. The van der Waals surface area contributed by atoms with Crippen LogP contribution in [0.5, 0.6) is 0 Å². The largest absolute Gasteiger partial charge is 0.344 e. The predicted molar refractivity (Wildman–Crippen MR) is 65.4 cm³/mol. The molecule has 2 atom stereocenters. The van der Waals surface area contributed by atoms with E-state index >= 15 is 0 Å². The molecule has 0 N–H and O–H groups in total. The molecule has 2 nitrogen and oxygen atoms in total. The van der Waals surface area contributed by atoms with E-state index in [0.717, 1.165) is 0 Å². The summed E-state index contributed by atoms with van der Waals surface area (Å²) in [5, 5.41) is 0. The Bertz CT molecular complexity index is 195. The average Bonchev–Trinajstić information content (AvgIpc) is 1.86. The van der Waals surface area contributed by atoms with Gasteiger partial charge in [-0.15, -0.1) is 24.5 Å². The van der Waals surface area contributed by atoms with Crippen molar-refractivity contribution in [3.8, 4) is 0 Å². The molecule has 68 valence electrons. The van der Waals surface area contributed by atoms with E-state index in [9.17, 15) is 0 Å². The zero-order valence-corrected chi connectivity index (χ0v) is 11.3. The topological polar surface area (TPSA) is 18.5 Å². The quantitative estimate of drug-likeness (QED) is 0.603. The van der Waals surface area contributed by atoms with Crippen molar-refractivity contribution in [3.05, 3.63) is 0 Å². The van der Waals surface area contributed by atoms with E-state index in [1.807, 2.05) is 0 Å². The Balaban J connectivity index is 4.26. The molecule has 2 unspecified atom stereocenters. The van der Waals surface area contributed by atoms with Gasteiger partial charge in [-0.05, 0) is 0 Å². The summed E-state index contributed by atoms with van der Waals surface area (Å²) >= 11 is 18.4. The van der Waals surface area contributed by atoms with Gasteiger partial charge in [0.05, 0.1) is 5.90 Å². The van der Waals surface area contributed by atoms with Crippen LogP contribution >= 0.6 is 35.4 Å². The molecule has 0 rings (SSSR count). The van der Waals surface area contributed by atoms with Gasteiger partial charge in [-0.2, -0.15) is 0 Å². The maximum absolute atomic E-state index is 5.04. The highest BCUT2D eigenvalue weighted by atomic mass is 32.9. The van der Waals surface area contributed by atoms with E-state index in [2.05, 4.69) is 24.5 Å². The highest BCUT2D eigenvalue weighted by Gasteiger charge is 2.20. The Morgan fingerprint density at radius 3 is 1.55 bits per heavy atom. The zero-order chi connectivity index (χ0) is 9.12. The summed E-state index contributed by atoms with van der Waals surface area (Å²) in [7, 11) is 3.07. The lowest BCUT2D eigenvalue weighted by atomic mass is 11.8. The molecule has 0 aromatic heterocycles. The van der Waals surface area contributed by atoms with Crippen LogP contribution in [0.3, 0.4) is 0 Å². The second kappa shape index (κ2) is 4.97. The van der Waals surface area contributed by atoms with E-state index in [-0.39, 0.29) is 0 Å². The molecule has 0 aliphatic carbocycles. The summed E-state index contributed by atoms with van der Waals surface area (Å²) in [6, 6.07) is 0. The molecule has 11 heavy (non-hydrogen) atoms. The average molecular weight is 268 g/mol. The van der Waals surface area contributed by atoms with Crippen LogP contribution in [0.15, 0.2) is 0 Å². The van der Waals surface area contributed by atoms with Crippen molar-refractivity contribution in [3.63, 3.8) is 0 Å². The first-order valence-corrected chi connectivity index (χ1v) is 10.7. The lowest BCUT2D eigenvalue weighted by Crippen LogP contribution is -1.86. The fraction of sp³-hybridized carbons (Fsp3) is 1.00. The number of rotatable bonds is 4. The van der Waals surface area contributed by atoms with Crippen molar-refractivity contribution < 1.29 is 9.05 Å². The van der Waals surface area contributed by atoms with Gasteiger partial charge in [-0.25, -0.2) is 0 Å². The van der Waals surface area contributed by atoms with Crippen LogP contribution in [0.25, 0.3) is 0 Å². The Kier molecular flexibility index (Phi) is 5.83. The van der Waals surface area contributed by atoms with Crippen molar-refractivity contribution in [2.24, 2.45) is 0 Å². The smallest absolute Gasteiger partial charge is 0.124 e. The van der Waals surface area contributed by atoms with Gasteiger partial charge in [0.15, 0.2) is 0 Å². The molecule has 0 bridgehead atoms. The summed E-state index contributed by atoms with van der Waals surface area (Å²) < 4.78 is 10.00. The van der Waals surface area contributed by atoms with E-state index < -0.39 is 10.9 Å². The fourth-order valence-corrected chi connectivity index (χ4v) is 12.3. The van der Waals surface area contributed by atoms with Crippen molar-refractivity contribution in [2.45, 2.75) is 0 Å². The summed E-state index contributed by atoms with van der Waals surface area (Å²) in [6.45, 7) is 0. The van der Waals surface area contributed by atoms with Crippen LogP contribution in [0, 0.1) is 0 Å². The standard InChI is InChI=1S/C3H10O2P2S4/c1-4-6(8,9)3-7(10,11)5-2/h3H2,1-2H3,(H,8,9)(H,10,11). The van der Waals surface area contributed by atoms with Gasteiger partial charge in [-0.3, -0.25) is 0 Å². The van der Waals surface area contributed by atoms with E-state index in [4.69, 9.17) is 32.7 Å². The third-order valence-corrected chi connectivity index (χ3v) is 11.2. The monoisotopic (exact) mass is 268 g/mol. The minimum absolute atomic E-state index is 0.476. The third kappa shape index (κ3) is 6.05. The lowest BCUT2D eigenvalue weighted by Gasteiger charge is -2.19. The Morgan fingerprint density at radius 1 is 1.09 bits per heavy atom. The molecule has 0 saturated carbocycles. The first-order valence-electron chi connectivity index (χ1n) is 2.58. The van der Waals surface area contributed by atoms with Gasteiger partial charge in [0.25, 0.3) is 0 Å². The van der Waals surface area contributed by atoms with Crippen molar-refractivity contribution in [1.82, 2.24) is 0 Å². The van der Waals surface area contributed by atoms with Crippen molar-refractivity contribution >= 4 is 59.0 Å². The van der Waals surface area contributed by atoms with Gasteiger partial charge in [0, 0.05) is 14.2 Å². The normalized spacial score (nSPS) is 22.2. The van der Waals surface area contributed by atoms with Crippen LogP contribution in [-0.2, 0) is 32.7 Å². The summed E-state index contributed by atoms with van der Waals surface area (Å²) in [5.74, 6) is 0.476. The zero-order valence-electron chi connectivity index (χ0n) is 6.13. The maximum Gasteiger partial charge on any atom is 0.124 e. The third-order valence-electron chi connectivity index (χ3n) is 0.928. The highest BCUT2D eigenvalue weighted by Crippen LogP contribution is 2.67. The molecule has 0 radical (unpaired) electrons. The predicted octanol–water partition coefficient (Wildman–Crippen LogP) is 2.72. The molecule has 0 aliphatic rings. The Morgan fingerprint density at radius 2 is 1.36 bits per heavy atom. The molecule has 0 aromatic rings. The van der Waals surface area contributed by atoms with Gasteiger partial charge >= 0.3 is 0 Å². The summed E-state index contributed by atoms with van der Waals surface area (Å²) in [4.78, 5) is 0. The second-order valence-corrected chi connectivity index (χ2v) is 15.2. The fourth-order valence-electron chi connectivity index (χ4n) is 0.341. The number of hydrogen-bond acceptors (Lipinski definition) is 4. The second-order valence-electron chi connectivity index (χ2n) is 1.78. The Hall–Kier alpha value is 1.92. The number of hydrogen-bond donors (Lipinski definition) is 2. The number of thiol groups is 2. The first kappa shape index (κ1) is 12.9. The molecule has 0 aliphatic heterocycles.